The Morgan fingerprint density at radius 1 is 0.429 bits per heavy atom. The molecule has 0 atom stereocenters. The second kappa shape index (κ2) is 27.8. The molecule has 386 valence electrons. The van der Waals surface area contributed by atoms with E-state index in [9.17, 15) is 71.7 Å². The van der Waals surface area contributed by atoms with Crippen LogP contribution in [0.25, 0.3) is 12.2 Å². The smallest absolute Gasteiger partial charge is 0.506 e. The van der Waals surface area contributed by atoms with E-state index in [1.165, 1.54) is 36.4 Å². The van der Waals surface area contributed by atoms with E-state index in [4.69, 9.17) is 0 Å². The Balaban J connectivity index is 0.00000338. The summed E-state index contributed by atoms with van der Waals surface area (Å²) in [4.78, 5) is 37.2. The molecule has 0 amide bonds. The fourth-order valence-electron chi connectivity index (χ4n) is 6.65. The van der Waals surface area contributed by atoms with Gasteiger partial charge < -0.3 is 26.2 Å². The second-order valence-corrected chi connectivity index (χ2v) is 20.4. The molecule has 0 saturated carbocycles. The molecular weight excluding hydrogens is 1240 g/mol. The van der Waals surface area contributed by atoms with Gasteiger partial charge in [-0.15, -0.1) is 0 Å². The van der Waals surface area contributed by atoms with E-state index in [1.807, 2.05) is 0 Å². The molecule has 0 unspecified atom stereocenters. The van der Waals surface area contributed by atoms with Crippen LogP contribution in [0.3, 0.4) is 0 Å². The van der Waals surface area contributed by atoms with Crippen LogP contribution in [0.1, 0.15) is 31.8 Å². The molecule has 6 aromatic rings. The number of para-hydroxylation sites is 1. The van der Waals surface area contributed by atoms with Crippen LogP contribution in [0.5, 0.6) is 11.5 Å². The number of aromatic nitrogens is 3. The number of hydrogen-bond donors (Lipinski definition) is 11. The number of phenols is 2. The number of phenolic OH excluding ortho intramolecular Hbond substituents is 2. The third-order valence-electron chi connectivity index (χ3n) is 9.90. The maximum absolute atomic E-state index is 13.7. The summed E-state index contributed by atoms with van der Waals surface area (Å²) in [7, 11) is -19.9. The topological polar surface area (TPSA) is 416 Å². The number of carbonyl (C=O) groups excluding carboxylic acids is 2. The number of carbonyl (C=O) groups is 2. The van der Waals surface area contributed by atoms with Crippen LogP contribution in [-0.2, 0) is 74.6 Å². The molecule has 2 aliphatic rings. The number of benzene rings is 5. The zero-order valence-corrected chi connectivity index (χ0v) is 52.9. The van der Waals surface area contributed by atoms with Gasteiger partial charge in [-0.1, -0.05) is 18.2 Å². The number of anilines is 8. The van der Waals surface area contributed by atoms with Gasteiger partial charge in [0.25, 0.3) is 40.5 Å². The zero-order valence-electron chi connectivity index (χ0n) is 39.7. The molecular formula is C41H30Cu2N10Na4O16S4+4. The van der Waals surface area contributed by atoms with E-state index >= 15 is 0 Å². The molecule has 8 rings (SSSR count). The minimum atomic E-state index is -5.19. The quantitative estimate of drug-likeness (QED) is 0.0209. The molecule has 0 saturated heterocycles. The van der Waals surface area contributed by atoms with Gasteiger partial charge in [0.1, 0.15) is 21.3 Å². The number of nitrogens with zero attached hydrogens (tertiary/aromatic N) is 5. The van der Waals surface area contributed by atoms with Gasteiger partial charge in [-0.3, -0.25) is 38.7 Å². The summed E-state index contributed by atoms with van der Waals surface area (Å²) in [5.41, 5.74) is 2.23. The Morgan fingerprint density at radius 2 is 0.779 bits per heavy atom. The molecule has 11 N–H and O–H groups in total. The Labute approximate surface area is 547 Å². The van der Waals surface area contributed by atoms with E-state index in [0.29, 0.717) is 5.69 Å². The fraction of sp³-hybridized carbons (Fsp3) is 0. The van der Waals surface area contributed by atoms with Gasteiger partial charge in [0.15, 0.2) is 11.4 Å². The van der Waals surface area contributed by atoms with Crippen molar-refractivity contribution < 1.29 is 224 Å². The summed E-state index contributed by atoms with van der Waals surface area (Å²) >= 11 is 0. The Hall–Kier alpha value is -3.45. The fourth-order valence-corrected chi connectivity index (χ4v) is 8.98. The van der Waals surface area contributed by atoms with Crippen LogP contribution in [0.2, 0.25) is 0 Å². The number of hydrogen-bond acceptors (Lipinski definition) is 22. The molecule has 2 aliphatic carbocycles. The number of fused-ring (bicyclic) bond motifs is 2. The van der Waals surface area contributed by atoms with Gasteiger partial charge in [-0.05, 0) is 108 Å². The number of Topliss-reactive ketones (excluding diaryl/α,β-unsaturated/α-hetero) is 2. The average Bonchev–Trinajstić information content (AvgIpc) is 3.28. The molecule has 0 fully saturated rings. The molecule has 77 heavy (non-hydrogen) atoms. The summed E-state index contributed by atoms with van der Waals surface area (Å²) in [6.45, 7) is 0. The van der Waals surface area contributed by atoms with Crippen molar-refractivity contribution in [3.8, 4) is 11.5 Å². The molecule has 36 heteroatoms. The number of hydrazone groups is 2. The molecule has 26 nitrogen and oxygen atoms in total. The number of aromatic hydroxyl groups is 2. The molecule has 1 heterocycles. The predicted molar refractivity (Wildman–Crippen MR) is 255 cm³/mol. The van der Waals surface area contributed by atoms with Gasteiger partial charge in [-0.2, -0.15) is 58.8 Å². The van der Waals surface area contributed by atoms with Crippen LogP contribution in [0.15, 0.2) is 133 Å². The predicted octanol–water partition coefficient (Wildman–Crippen LogP) is -7.20. The van der Waals surface area contributed by atoms with Crippen molar-refractivity contribution in [2.75, 3.05) is 26.8 Å². The summed E-state index contributed by atoms with van der Waals surface area (Å²) in [5, 5.41) is 36.7. The van der Waals surface area contributed by atoms with Crippen molar-refractivity contribution >= 4 is 122 Å². The second-order valence-electron chi connectivity index (χ2n) is 14.7. The minimum absolute atomic E-state index is 0. The van der Waals surface area contributed by atoms with Gasteiger partial charge in [-0.25, -0.2) is 0 Å². The molecule has 5 aromatic carbocycles. The molecule has 1 aromatic heterocycles. The van der Waals surface area contributed by atoms with E-state index in [2.05, 4.69) is 52.0 Å². The third-order valence-corrected chi connectivity index (χ3v) is 13.3. The summed E-state index contributed by atoms with van der Waals surface area (Å²) < 4.78 is 136. The van der Waals surface area contributed by atoms with Crippen molar-refractivity contribution in [1.29, 1.82) is 0 Å². The number of allylic oxidation sites excluding steroid dienone is 2. The van der Waals surface area contributed by atoms with Crippen molar-refractivity contribution in [1.82, 2.24) is 15.0 Å². The zero-order chi connectivity index (χ0) is 51.2. The minimum Gasteiger partial charge on any atom is -0.506 e. The monoisotopic (exact) mass is 1260 g/mol. The number of ketones is 2. The van der Waals surface area contributed by atoms with Crippen molar-refractivity contribution in [3.05, 3.63) is 135 Å². The van der Waals surface area contributed by atoms with Crippen LogP contribution >= 0.6 is 0 Å². The summed E-state index contributed by atoms with van der Waals surface area (Å²) in [5.74, 6) is -3.65. The first-order chi connectivity index (χ1) is 33.3. The molecule has 0 spiro atoms. The van der Waals surface area contributed by atoms with E-state index in [0.717, 1.165) is 48.6 Å². The third kappa shape index (κ3) is 16.8. The first-order valence-corrected chi connectivity index (χ1v) is 25.2. The van der Waals surface area contributed by atoms with Gasteiger partial charge >= 0.3 is 118 Å². The van der Waals surface area contributed by atoms with Gasteiger partial charge in [0.2, 0.25) is 29.4 Å². The van der Waals surface area contributed by atoms with Crippen LogP contribution in [0, 0.1) is 0 Å². The summed E-state index contributed by atoms with van der Waals surface area (Å²) in [6, 6.07) is 21.5. The Bertz CT molecular complexity index is 3680. The van der Waals surface area contributed by atoms with E-state index < -0.39 is 106 Å². The van der Waals surface area contributed by atoms with Gasteiger partial charge in [0.05, 0.1) is 21.2 Å². The Morgan fingerprint density at radius 3 is 1.12 bits per heavy atom. The first-order valence-electron chi connectivity index (χ1n) is 19.5. The molecule has 0 aliphatic heterocycles. The van der Waals surface area contributed by atoms with Crippen LogP contribution in [-0.4, -0.2) is 100 Å². The average molecular weight is 1270 g/mol. The normalized spacial score (nSPS) is 13.9. The van der Waals surface area contributed by atoms with E-state index in [-0.39, 0.29) is 204 Å². The maximum atomic E-state index is 13.7. The molecule has 0 bridgehead atoms. The van der Waals surface area contributed by atoms with Crippen LogP contribution in [0.4, 0.5) is 46.3 Å². The molecule has 2 radical (unpaired) electrons. The van der Waals surface area contributed by atoms with Gasteiger partial charge in [0, 0.05) is 62.3 Å². The van der Waals surface area contributed by atoms with Crippen LogP contribution < -0.4 is 145 Å². The SMILES string of the molecule is O=C1C(=NNc2cc(S(=O)(=O)O)ccc2O)C(S(=O)(=O)O)=Cc2cc(Nc3nc(Nc4ccccc4)nc(Nc4ccc5c(c4)C=C(S(=O)(=O)O)C(=NNc4cc(S(=O)(=O)O)ccc4O)C5=O)n3)ccc21.[Cu].[Cu].[Na+].[Na+].[Na+].[Na+]. The van der Waals surface area contributed by atoms with Crippen molar-refractivity contribution in [2.24, 2.45) is 10.2 Å². The van der Waals surface area contributed by atoms with Crippen molar-refractivity contribution in [3.63, 3.8) is 0 Å². The first kappa shape index (κ1) is 69.7. The summed E-state index contributed by atoms with van der Waals surface area (Å²) in [6.07, 6.45) is 1.83. The van der Waals surface area contributed by atoms with Crippen molar-refractivity contribution in [2.45, 2.75) is 9.79 Å². The van der Waals surface area contributed by atoms with E-state index in [1.54, 1.807) is 30.3 Å². The largest absolute Gasteiger partial charge is 1.00 e. The maximum Gasteiger partial charge on any atom is 1.00 e. The number of nitrogens with one attached hydrogen (secondary N) is 5. The number of rotatable bonds is 14. The standard InChI is InChI=1S/C41H30N10O16S4.2Cu.4Na/c52-31-12-8-25(68(56,57)58)18-29(31)48-50-35-33(70(62,63)64)16-20-14-23(6-10-27(20)37(35)54)43-40-45-39(42-22-4-2-1-3-5-22)46-41(47-40)44-24-7-11-28-21(15-24)17-34(71(65,66)67)36(38(28)55)51-49-30-19-26(69(59,60)61)9-13-32(30)53;;;;;;/h1-19,48-49,52-53H,(H,56,57,58)(H,59,60,61)(H,62,63,64)(H,65,66,67)(H3,42,43,44,45,46,47);;;;;;/q;;;4*+1. The Kier molecular flexibility index (Phi) is 25.2.